The Morgan fingerprint density at radius 2 is 2.00 bits per heavy atom. The Balaban J connectivity index is 2.00. The van der Waals surface area contributed by atoms with Crippen molar-refractivity contribution in [2.45, 2.75) is 24.8 Å². The van der Waals surface area contributed by atoms with Crippen LogP contribution in [0.4, 0.5) is 0 Å². The van der Waals surface area contributed by atoms with Gasteiger partial charge in [-0.1, -0.05) is 11.6 Å². The third-order valence-corrected chi connectivity index (χ3v) is 4.50. The number of morpholine rings is 1. The van der Waals surface area contributed by atoms with Crippen LogP contribution in [0.2, 0.25) is 5.02 Å². The molecule has 2 heterocycles. The van der Waals surface area contributed by atoms with Crippen LogP contribution in [-0.4, -0.2) is 40.1 Å². The molecule has 2 fully saturated rings. The van der Waals surface area contributed by atoms with Gasteiger partial charge < -0.3 is 19.5 Å². The van der Waals surface area contributed by atoms with E-state index in [2.05, 4.69) is 11.4 Å². The summed E-state index contributed by atoms with van der Waals surface area (Å²) in [6.07, 6.45) is 2.05. The predicted molar refractivity (Wildman–Crippen MR) is 82.4 cm³/mol. The topological polar surface area (TPSA) is 39.7 Å². The van der Waals surface area contributed by atoms with Crippen molar-refractivity contribution in [2.75, 3.05) is 40.1 Å². The molecule has 21 heavy (non-hydrogen) atoms. The van der Waals surface area contributed by atoms with Crippen molar-refractivity contribution < 1.29 is 14.2 Å². The van der Waals surface area contributed by atoms with Gasteiger partial charge in [-0.05, 0) is 36.5 Å². The highest BCUT2D eigenvalue weighted by Crippen LogP contribution is 2.40. The molecule has 4 nitrogen and oxygen atoms in total. The highest BCUT2D eigenvalue weighted by Gasteiger charge is 2.27. The molecule has 2 aliphatic rings. The van der Waals surface area contributed by atoms with Gasteiger partial charge in [-0.15, -0.1) is 0 Å². The lowest BCUT2D eigenvalue weighted by Gasteiger charge is -2.31. The van der Waals surface area contributed by atoms with Crippen molar-refractivity contribution >= 4 is 11.6 Å². The zero-order valence-corrected chi connectivity index (χ0v) is 13.1. The van der Waals surface area contributed by atoms with Crippen LogP contribution in [0.3, 0.4) is 0 Å². The number of methoxy groups -OCH3 is 1. The number of hydrogen-bond donors (Lipinski definition) is 1. The number of ether oxygens (including phenoxy) is 3. The molecule has 0 saturated carbocycles. The second kappa shape index (κ2) is 6.97. The molecule has 1 atom stereocenters. The van der Waals surface area contributed by atoms with Gasteiger partial charge in [0.25, 0.3) is 0 Å². The lowest BCUT2D eigenvalue weighted by molar-refractivity contribution is 0.0736. The number of halogens is 1. The third kappa shape index (κ3) is 3.34. The summed E-state index contributed by atoms with van der Waals surface area (Å²) in [7, 11) is 1.71. The average molecular weight is 312 g/mol. The van der Waals surface area contributed by atoms with E-state index < -0.39 is 0 Å². The molecule has 1 aromatic carbocycles. The quantitative estimate of drug-likeness (QED) is 0.932. The molecule has 2 saturated heterocycles. The van der Waals surface area contributed by atoms with E-state index in [-0.39, 0.29) is 6.04 Å². The van der Waals surface area contributed by atoms with E-state index in [4.69, 9.17) is 25.8 Å². The van der Waals surface area contributed by atoms with Crippen molar-refractivity contribution in [2.24, 2.45) is 0 Å². The van der Waals surface area contributed by atoms with Crippen molar-refractivity contribution in [1.29, 1.82) is 0 Å². The summed E-state index contributed by atoms with van der Waals surface area (Å²) in [6, 6.07) is 4.16. The van der Waals surface area contributed by atoms with E-state index in [1.54, 1.807) is 7.11 Å². The molecule has 0 aromatic heterocycles. The van der Waals surface area contributed by atoms with Crippen molar-refractivity contribution in [3.8, 4) is 5.75 Å². The predicted octanol–water partition coefficient (Wildman–Crippen LogP) is 2.90. The first-order valence-electron chi connectivity index (χ1n) is 7.56. The van der Waals surface area contributed by atoms with Crippen LogP contribution >= 0.6 is 11.6 Å². The second-order valence-corrected chi connectivity index (χ2v) is 6.02. The molecule has 0 amide bonds. The standard InChI is InChI=1S/C16H22ClNO3/c1-19-15-9-12(17)8-13(14-10-21-7-4-18-14)16(15)11-2-5-20-6-3-11/h8-9,11,14,18H,2-7,10H2,1H3. The van der Waals surface area contributed by atoms with Gasteiger partial charge in [0.15, 0.2) is 0 Å². The fourth-order valence-electron chi connectivity index (χ4n) is 3.26. The summed E-state index contributed by atoms with van der Waals surface area (Å²) in [5.74, 6) is 1.35. The fraction of sp³-hybridized carbons (Fsp3) is 0.625. The average Bonchev–Trinajstić information content (AvgIpc) is 2.55. The Kier molecular flexibility index (Phi) is 5.01. The van der Waals surface area contributed by atoms with Gasteiger partial charge in [0.05, 0.1) is 26.4 Å². The van der Waals surface area contributed by atoms with Crippen molar-refractivity contribution in [1.82, 2.24) is 5.32 Å². The van der Waals surface area contributed by atoms with Crippen molar-refractivity contribution in [3.63, 3.8) is 0 Å². The fourth-order valence-corrected chi connectivity index (χ4v) is 3.48. The number of hydrogen-bond acceptors (Lipinski definition) is 4. The summed E-state index contributed by atoms with van der Waals surface area (Å²) in [5.41, 5.74) is 2.49. The van der Waals surface area contributed by atoms with Crippen molar-refractivity contribution in [3.05, 3.63) is 28.3 Å². The first kappa shape index (κ1) is 15.1. The lowest BCUT2D eigenvalue weighted by atomic mass is 9.85. The molecular formula is C16H22ClNO3. The number of benzene rings is 1. The van der Waals surface area contributed by atoms with Gasteiger partial charge in [0.2, 0.25) is 0 Å². The van der Waals surface area contributed by atoms with E-state index in [0.29, 0.717) is 17.5 Å². The van der Waals surface area contributed by atoms with Gasteiger partial charge >= 0.3 is 0 Å². The van der Waals surface area contributed by atoms with Crippen LogP contribution in [0, 0.1) is 0 Å². The Hall–Kier alpha value is -0.810. The maximum absolute atomic E-state index is 6.29. The van der Waals surface area contributed by atoms with Gasteiger partial charge in [-0.25, -0.2) is 0 Å². The molecule has 0 bridgehead atoms. The monoisotopic (exact) mass is 311 g/mol. The van der Waals surface area contributed by atoms with E-state index in [1.807, 2.05) is 6.07 Å². The van der Waals surface area contributed by atoms with E-state index in [1.165, 1.54) is 11.1 Å². The van der Waals surface area contributed by atoms with Crippen LogP contribution < -0.4 is 10.1 Å². The second-order valence-electron chi connectivity index (χ2n) is 5.58. The summed E-state index contributed by atoms with van der Waals surface area (Å²) in [6.45, 7) is 3.93. The highest BCUT2D eigenvalue weighted by atomic mass is 35.5. The van der Waals surface area contributed by atoms with E-state index in [9.17, 15) is 0 Å². The largest absolute Gasteiger partial charge is 0.496 e. The summed E-state index contributed by atoms with van der Waals surface area (Å²) in [4.78, 5) is 0. The molecule has 3 rings (SSSR count). The molecule has 0 spiro atoms. The zero-order valence-electron chi connectivity index (χ0n) is 12.4. The normalized spacial score (nSPS) is 24.0. The molecule has 1 aromatic rings. The minimum absolute atomic E-state index is 0.184. The van der Waals surface area contributed by atoms with Gasteiger partial charge in [-0.3, -0.25) is 0 Å². The Morgan fingerprint density at radius 1 is 1.19 bits per heavy atom. The molecule has 1 unspecified atom stereocenters. The first-order chi connectivity index (χ1) is 10.3. The molecular weight excluding hydrogens is 290 g/mol. The molecule has 1 N–H and O–H groups in total. The minimum Gasteiger partial charge on any atom is -0.496 e. The third-order valence-electron chi connectivity index (χ3n) is 4.29. The molecule has 0 aliphatic carbocycles. The van der Waals surface area contributed by atoms with Crippen LogP contribution in [0.25, 0.3) is 0 Å². The molecule has 0 radical (unpaired) electrons. The number of rotatable bonds is 3. The van der Waals surface area contributed by atoms with Crippen LogP contribution in [-0.2, 0) is 9.47 Å². The summed E-state index contributed by atoms with van der Waals surface area (Å²) in [5, 5.41) is 4.24. The Bertz CT molecular complexity index is 483. The van der Waals surface area contributed by atoms with Crippen LogP contribution in [0.5, 0.6) is 5.75 Å². The number of nitrogens with one attached hydrogen (secondary N) is 1. The zero-order chi connectivity index (χ0) is 14.7. The Labute approximate surface area is 130 Å². The Morgan fingerprint density at radius 3 is 2.67 bits per heavy atom. The van der Waals surface area contributed by atoms with E-state index in [0.717, 1.165) is 45.0 Å². The van der Waals surface area contributed by atoms with Gasteiger partial charge in [-0.2, -0.15) is 0 Å². The lowest BCUT2D eigenvalue weighted by Crippen LogP contribution is -2.35. The SMILES string of the molecule is COc1cc(Cl)cc(C2COCCN2)c1C1CCOCC1. The van der Waals surface area contributed by atoms with E-state index >= 15 is 0 Å². The van der Waals surface area contributed by atoms with Gasteiger partial charge in [0.1, 0.15) is 5.75 Å². The van der Waals surface area contributed by atoms with Gasteiger partial charge in [0, 0.05) is 30.3 Å². The first-order valence-corrected chi connectivity index (χ1v) is 7.93. The summed E-state index contributed by atoms with van der Waals surface area (Å²) < 4.78 is 16.7. The highest BCUT2D eigenvalue weighted by molar-refractivity contribution is 6.30. The molecule has 116 valence electrons. The van der Waals surface area contributed by atoms with Crippen LogP contribution in [0.15, 0.2) is 12.1 Å². The molecule has 2 aliphatic heterocycles. The van der Waals surface area contributed by atoms with Crippen LogP contribution in [0.1, 0.15) is 35.9 Å². The smallest absolute Gasteiger partial charge is 0.124 e. The minimum atomic E-state index is 0.184. The molecule has 5 heteroatoms. The maximum atomic E-state index is 6.29. The summed E-state index contributed by atoms with van der Waals surface area (Å²) >= 11 is 6.29. The maximum Gasteiger partial charge on any atom is 0.124 e.